The van der Waals surface area contributed by atoms with Crippen molar-refractivity contribution in [1.82, 2.24) is 0 Å². The SMILES string of the molecule is O=C(CC1CCCC1)Nc1ccc2c(c1)C(=O)Nc1cc(Cl)ccc1O2. The Morgan fingerprint density at radius 3 is 2.73 bits per heavy atom. The Labute approximate surface area is 156 Å². The maximum Gasteiger partial charge on any atom is 0.259 e. The number of benzene rings is 2. The van der Waals surface area contributed by atoms with Gasteiger partial charge in [-0.25, -0.2) is 0 Å². The topological polar surface area (TPSA) is 67.4 Å². The molecule has 0 bridgehead atoms. The minimum Gasteiger partial charge on any atom is -0.454 e. The van der Waals surface area contributed by atoms with Gasteiger partial charge in [0.05, 0.1) is 11.3 Å². The predicted octanol–water partition coefficient (Wildman–Crippen LogP) is 5.22. The van der Waals surface area contributed by atoms with Gasteiger partial charge in [-0.2, -0.15) is 0 Å². The summed E-state index contributed by atoms with van der Waals surface area (Å²) in [5.74, 6) is 1.13. The van der Waals surface area contributed by atoms with E-state index >= 15 is 0 Å². The molecule has 1 saturated carbocycles. The minimum absolute atomic E-state index is 0.0122. The van der Waals surface area contributed by atoms with E-state index in [0.717, 1.165) is 12.8 Å². The Balaban J connectivity index is 1.53. The molecule has 5 nitrogen and oxygen atoms in total. The second kappa shape index (κ2) is 7.00. The van der Waals surface area contributed by atoms with Gasteiger partial charge in [-0.3, -0.25) is 9.59 Å². The Bertz CT molecular complexity index is 875. The zero-order chi connectivity index (χ0) is 18.1. The second-order valence-electron chi connectivity index (χ2n) is 6.81. The molecule has 2 aromatic rings. The minimum atomic E-state index is -0.298. The Morgan fingerprint density at radius 1 is 1.15 bits per heavy atom. The first kappa shape index (κ1) is 16.9. The fourth-order valence-corrected chi connectivity index (χ4v) is 3.73. The van der Waals surface area contributed by atoms with Crippen LogP contribution >= 0.6 is 11.6 Å². The molecule has 1 heterocycles. The lowest BCUT2D eigenvalue weighted by molar-refractivity contribution is -0.117. The number of ether oxygens (including phenoxy) is 1. The van der Waals surface area contributed by atoms with Crippen molar-refractivity contribution < 1.29 is 14.3 Å². The van der Waals surface area contributed by atoms with Crippen LogP contribution in [0.25, 0.3) is 0 Å². The molecule has 0 atom stereocenters. The van der Waals surface area contributed by atoms with E-state index in [0.29, 0.717) is 45.8 Å². The first-order chi connectivity index (χ1) is 12.6. The molecule has 2 aromatic carbocycles. The Morgan fingerprint density at radius 2 is 1.92 bits per heavy atom. The van der Waals surface area contributed by atoms with Crippen LogP contribution in [0, 0.1) is 5.92 Å². The average molecular weight is 371 g/mol. The number of hydrogen-bond acceptors (Lipinski definition) is 3. The molecule has 2 N–H and O–H groups in total. The predicted molar refractivity (Wildman–Crippen MR) is 101 cm³/mol. The first-order valence-corrected chi connectivity index (χ1v) is 9.19. The highest BCUT2D eigenvalue weighted by atomic mass is 35.5. The van der Waals surface area contributed by atoms with Gasteiger partial charge < -0.3 is 15.4 Å². The monoisotopic (exact) mass is 370 g/mol. The van der Waals surface area contributed by atoms with Crippen molar-refractivity contribution in [3.63, 3.8) is 0 Å². The van der Waals surface area contributed by atoms with Gasteiger partial charge in [-0.05, 0) is 55.2 Å². The van der Waals surface area contributed by atoms with Crippen LogP contribution in [0.5, 0.6) is 11.5 Å². The number of carbonyl (C=O) groups excluding carboxylic acids is 2. The van der Waals surface area contributed by atoms with Crippen LogP contribution in [-0.2, 0) is 4.79 Å². The highest BCUT2D eigenvalue weighted by Crippen LogP contribution is 2.38. The quantitative estimate of drug-likeness (QED) is 0.778. The van der Waals surface area contributed by atoms with Crippen molar-refractivity contribution in [3.05, 3.63) is 47.0 Å². The molecule has 1 aliphatic carbocycles. The van der Waals surface area contributed by atoms with Crippen LogP contribution in [0.2, 0.25) is 5.02 Å². The summed E-state index contributed by atoms with van der Waals surface area (Å²) >= 11 is 5.99. The van der Waals surface area contributed by atoms with Crippen molar-refractivity contribution >= 4 is 34.8 Å². The van der Waals surface area contributed by atoms with Crippen molar-refractivity contribution in [2.75, 3.05) is 10.6 Å². The first-order valence-electron chi connectivity index (χ1n) is 8.81. The van der Waals surface area contributed by atoms with Gasteiger partial charge in [0.25, 0.3) is 5.91 Å². The lowest BCUT2D eigenvalue weighted by Crippen LogP contribution is -2.16. The zero-order valence-electron chi connectivity index (χ0n) is 14.2. The third-order valence-corrected chi connectivity index (χ3v) is 5.10. The van der Waals surface area contributed by atoms with Gasteiger partial charge in [-0.1, -0.05) is 24.4 Å². The Hall–Kier alpha value is -2.53. The van der Waals surface area contributed by atoms with E-state index in [-0.39, 0.29) is 11.8 Å². The van der Waals surface area contributed by atoms with E-state index in [1.165, 1.54) is 12.8 Å². The summed E-state index contributed by atoms with van der Waals surface area (Å²) in [4.78, 5) is 24.8. The third kappa shape index (κ3) is 3.53. The average Bonchev–Trinajstić information content (AvgIpc) is 3.06. The third-order valence-electron chi connectivity index (χ3n) is 4.87. The molecule has 1 fully saturated rings. The summed E-state index contributed by atoms with van der Waals surface area (Å²) in [5, 5.41) is 6.20. The molecule has 6 heteroatoms. The van der Waals surface area contributed by atoms with Crippen molar-refractivity contribution in [3.8, 4) is 11.5 Å². The van der Waals surface area contributed by atoms with Gasteiger partial charge in [0, 0.05) is 17.1 Å². The fourth-order valence-electron chi connectivity index (χ4n) is 3.56. The van der Waals surface area contributed by atoms with Gasteiger partial charge >= 0.3 is 0 Å². The van der Waals surface area contributed by atoms with Crippen LogP contribution in [-0.4, -0.2) is 11.8 Å². The summed E-state index contributed by atoms with van der Waals surface area (Å²) in [6.45, 7) is 0. The standard InChI is InChI=1S/C20H19ClN2O3/c21-13-5-7-18-16(10-13)23-20(25)15-11-14(6-8-17(15)26-18)22-19(24)9-12-3-1-2-4-12/h5-8,10-12H,1-4,9H2,(H,22,24)(H,23,25). The van der Waals surface area contributed by atoms with Crippen LogP contribution in [0.4, 0.5) is 11.4 Å². The molecule has 1 aliphatic heterocycles. The van der Waals surface area contributed by atoms with E-state index < -0.39 is 0 Å². The molecule has 0 aromatic heterocycles. The maximum absolute atomic E-state index is 12.5. The van der Waals surface area contributed by atoms with Gasteiger partial charge in [0.2, 0.25) is 5.91 Å². The van der Waals surface area contributed by atoms with E-state index in [1.54, 1.807) is 36.4 Å². The summed E-state index contributed by atoms with van der Waals surface area (Å²) in [7, 11) is 0. The Kier molecular flexibility index (Phi) is 4.55. The summed E-state index contributed by atoms with van der Waals surface area (Å²) in [5.41, 5.74) is 1.48. The molecule has 26 heavy (non-hydrogen) atoms. The van der Waals surface area contributed by atoms with Gasteiger partial charge in [-0.15, -0.1) is 0 Å². The van der Waals surface area contributed by atoms with E-state index in [4.69, 9.17) is 16.3 Å². The molecular weight excluding hydrogens is 352 g/mol. The molecule has 0 radical (unpaired) electrons. The highest BCUT2D eigenvalue weighted by molar-refractivity contribution is 6.31. The van der Waals surface area contributed by atoms with Crippen LogP contribution in [0.15, 0.2) is 36.4 Å². The van der Waals surface area contributed by atoms with Crippen LogP contribution < -0.4 is 15.4 Å². The fraction of sp³-hybridized carbons (Fsp3) is 0.300. The molecular formula is C20H19ClN2O3. The summed E-state index contributed by atoms with van der Waals surface area (Å²) in [6.07, 6.45) is 5.19. The summed E-state index contributed by atoms with van der Waals surface area (Å²) in [6, 6.07) is 10.2. The van der Waals surface area contributed by atoms with Crippen molar-refractivity contribution in [2.45, 2.75) is 32.1 Å². The smallest absolute Gasteiger partial charge is 0.259 e. The van der Waals surface area contributed by atoms with E-state index in [2.05, 4.69) is 10.6 Å². The molecule has 134 valence electrons. The molecule has 4 rings (SSSR count). The molecule has 0 saturated heterocycles. The number of carbonyl (C=O) groups is 2. The second-order valence-corrected chi connectivity index (χ2v) is 7.25. The summed E-state index contributed by atoms with van der Waals surface area (Å²) < 4.78 is 5.84. The zero-order valence-corrected chi connectivity index (χ0v) is 14.9. The van der Waals surface area contributed by atoms with Crippen LogP contribution in [0.1, 0.15) is 42.5 Å². The number of amides is 2. The number of rotatable bonds is 3. The van der Waals surface area contributed by atoms with E-state index in [9.17, 15) is 9.59 Å². The number of halogens is 1. The molecule has 2 amide bonds. The lowest BCUT2D eigenvalue weighted by Gasteiger charge is -2.12. The highest BCUT2D eigenvalue weighted by Gasteiger charge is 2.22. The molecule has 0 spiro atoms. The number of fused-ring (bicyclic) bond motifs is 2. The van der Waals surface area contributed by atoms with Crippen LogP contribution in [0.3, 0.4) is 0 Å². The number of nitrogens with one attached hydrogen (secondary N) is 2. The number of hydrogen-bond donors (Lipinski definition) is 2. The van der Waals surface area contributed by atoms with Crippen molar-refractivity contribution in [2.24, 2.45) is 5.92 Å². The lowest BCUT2D eigenvalue weighted by atomic mass is 10.0. The molecule has 0 unspecified atom stereocenters. The maximum atomic E-state index is 12.5. The van der Waals surface area contributed by atoms with Crippen molar-refractivity contribution in [1.29, 1.82) is 0 Å². The molecule has 2 aliphatic rings. The number of anilines is 2. The largest absolute Gasteiger partial charge is 0.454 e. The van der Waals surface area contributed by atoms with E-state index in [1.807, 2.05) is 0 Å². The van der Waals surface area contributed by atoms with Gasteiger partial charge in [0.15, 0.2) is 5.75 Å². The van der Waals surface area contributed by atoms with Gasteiger partial charge in [0.1, 0.15) is 5.75 Å². The normalized spacial score (nSPS) is 16.1.